The molecule has 1 nitrogen and oxygen atoms in total. The first kappa shape index (κ1) is 12.5. The van der Waals surface area contributed by atoms with E-state index >= 15 is 0 Å². The summed E-state index contributed by atoms with van der Waals surface area (Å²) in [6.07, 6.45) is 4.70. The van der Waals surface area contributed by atoms with Crippen LogP contribution in [-0.4, -0.2) is 13.9 Å². The largest absolute Gasteiger partial charge is 0.402 e. The Morgan fingerprint density at radius 3 is 2.25 bits per heavy atom. The van der Waals surface area contributed by atoms with E-state index < -0.39 is 8.32 Å². The average molecular weight is 209 g/mol. The first-order chi connectivity index (χ1) is 5.45. The van der Waals surface area contributed by atoms with E-state index in [0.29, 0.717) is 0 Å². The van der Waals surface area contributed by atoms with E-state index in [0.717, 1.165) is 6.42 Å². The van der Waals surface area contributed by atoms with E-state index in [4.69, 9.17) is 16.0 Å². The van der Waals surface area contributed by atoms with Gasteiger partial charge in [0.1, 0.15) is 5.56 Å². The number of unbranched alkanes of at least 4 members (excludes halogenated alkanes) is 2. The Bertz CT molecular complexity index is 112. The number of rotatable bonds is 6. The summed E-state index contributed by atoms with van der Waals surface area (Å²) >= 11 is 6.01. The average Bonchev–Trinajstić information content (AvgIpc) is 1.84. The molecule has 0 heterocycles. The van der Waals surface area contributed by atoms with Gasteiger partial charge in [-0.1, -0.05) is 31.4 Å². The van der Waals surface area contributed by atoms with E-state index in [1.54, 1.807) is 0 Å². The van der Waals surface area contributed by atoms with Gasteiger partial charge in [0.05, 0.1) is 0 Å². The summed E-state index contributed by atoms with van der Waals surface area (Å²) in [6.45, 7) is 8.70. The smallest absolute Gasteiger partial charge is 0.185 e. The fourth-order valence-electron chi connectivity index (χ4n) is 0.997. The minimum absolute atomic E-state index is 0.0526. The molecule has 1 atom stereocenters. The molecular weight excluding hydrogens is 188 g/mol. The van der Waals surface area contributed by atoms with Crippen molar-refractivity contribution >= 4 is 19.9 Å². The summed E-state index contributed by atoms with van der Waals surface area (Å²) in [5, 5.41) is 0. The SMILES string of the molecule is CCCCCC(Cl)O[Si](C)(C)C. The molecular formula is C9H21ClOSi. The first-order valence-corrected chi connectivity index (χ1v) is 8.62. The monoisotopic (exact) mass is 208 g/mol. The molecule has 0 saturated heterocycles. The molecule has 0 radical (unpaired) electrons. The van der Waals surface area contributed by atoms with Crippen molar-refractivity contribution in [3.8, 4) is 0 Å². The van der Waals surface area contributed by atoms with Gasteiger partial charge in [-0.05, 0) is 32.5 Å². The maximum Gasteiger partial charge on any atom is 0.185 e. The molecule has 12 heavy (non-hydrogen) atoms. The van der Waals surface area contributed by atoms with Crippen LogP contribution in [0.15, 0.2) is 0 Å². The van der Waals surface area contributed by atoms with Gasteiger partial charge in [-0.2, -0.15) is 0 Å². The Morgan fingerprint density at radius 2 is 1.83 bits per heavy atom. The second-order valence-electron chi connectivity index (χ2n) is 4.14. The molecule has 0 bridgehead atoms. The molecule has 0 aromatic carbocycles. The third-order valence-electron chi connectivity index (χ3n) is 1.52. The predicted molar refractivity (Wildman–Crippen MR) is 58.2 cm³/mol. The van der Waals surface area contributed by atoms with Gasteiger partial charge in [0.2, 0.25) is 0 Å². The lowest BCUT2D eigenvalue weighted by molar-refractivity contribution is 0.258. The molecule has 0 spiro atoms. The highest BCUT2D eigenvalue weighted by molar-refractivity contribution is 6.70. The first-order valence-electron chi connectivity index (χ1n) is 4.77. The van der Waals surface area contributed by atoms with Gasteiger partial charge >= 0.3 is 0 Å². The number of hydrogen-bond acceptors (Lipinski definition) is 1. The maximum atomic E-state index is 6.01. The zero-order chi connectivity index (χ0) is 9.61. The number of alkyl halides is 1. The Kier molecular flexibility index (Phi) is 6.24. The van der Waals surface area contributed by atoms with Gasteiger partial charge in [0.15, 0.2) is 8.32 Å². The van der Waals surface area contributed by atoms with Crippen LogP contribution in [-0.2, 0) is 4.43 Å². The van der Waals surface area contributed by atoms with Crippen molar-refractivity contribution in [2.24, 2.45) is 0 Å². The van der Waals surface area contributed by atoms with Crippen molar-refractivity contribution < 1.29 is 4.43 Å². The van der Waals surface area contributed by atoms with Crippen LogP contribution < -0.4 is 0 Å². The van der Waals surface area contributed by atoms with E-state index in [1.165, 1.54) is 19.3 Å². The zero-order valence-electron chi connectivity index (χ0n) is 8.69. The molecule has 0 aromatic heterocycles. The van der Waals surface area contributed by atoms with Crippen molar-refractivity contribution in [3.63, 3.8) is 0 Å². The molecule has 0 fully saturated rings. The molecule has 0 saturated carbocycles. The van der Waals surface area contributed by atoms with Crippen LogP contribution in [0.4, 0.5) is 0 Å². The van der Waals surface area contributed by atoms with Crippen LogP contribution in [0.25, 0.3) is 0 Å². The molecule has 0 aliphatic heterocycles. The van der Waals surface area contributed by atoms with Crippen molar-refractivity contribution in [3.05, 3.63) is 0 Å². The van der Waals surface area contributed by atoms with E-state index in [-0.39, 0.29) is 5.56 Å². The second-order valence-corrected chi connectivity index (χ2v) is 9.08. The van der Waals surface area contributed by atoms with Crippen LogP contribution in [0.5, 0.6) is 0 Å². The Morgan fingerprint density at radius 1 is 1.25 bits per heavy atom. The third kappa shape index (κ3) is 8.56. The van der Waals surface area contributed by atoms with Crippen molar-refractivity contribution in [1.82, 2.24) is 0 Å². The highest BCUT2D eigenvalue weighted by atomic mass is 35.5. The lowest BCUT2D eigenvalue weighted by Crippen LogP contribution is -2.29. The maximum absolute atomic E-state index is 6.01. The minimum atomic E-state index is -1.41. The van der Waals surface area contributed by atoms with Gasteiger partial charge in [-0.3, -0.25) is 0 Å². The fourth-order valence-corrected chi connectivity index (χ4v) is 2.84. The fraction of sp³-hybridized carbons (Fsp3) is 1.00. The highest BCUT2D eigenvalue weighted by Gasteiger charge is 2.18. The van der Waals surface area contributed by atoms with Gasteiger partial charge < -0.3 is 4.43 Å². The van der Waals surface area contributed by atoms with Crippen LogP contribution in [0.2, 0.25) is 19.6 Å². The van der Waals surface area contributed by atoms with Crippen molar-refractivity contribution in [2.45, 2.75) is 57.8 Å². The molecule has 3 heteroatoms. The standard InChI is InChI=1S/C9H21ClOSi/c1-5-6-7-8-9(10)11-12(2,3)4/h9H,5-8H2,1-4H3. The molecule has 0 aliphatic rings. The molecule has 0 amide bonds. The summed E-state index contributed by atoms with van der Waals surface area (Å²) < 4.78 is 5.69. The van der Waals surface area contributed by atoms with Crippen LogP contribution in [0.1, 0.15) is 32.6 Å². The van der Waals surface area contributed by atoms with Crippen LogP contribution in [0.3, 0.4) is 0 Å². The molecule has 1 unspecified atom stereocenters. The molecule has 0 rings (SSSR count). The minimum Gasteiger partial charge on any atom is -0.402 e. The quantitative estimate of drug-likeness (QED) is 0.365. The normalized spacial score (nSPS) is 14.8. The predicted octanol–water partition coefficient (Wildman–Crippen LogP) is 3.98. The van der Waals surface area contributed by atoms with Crippen LogP contribution >= 0.6 is 11.6 Å². The van der Waals surface area contributed by atoms with Crippen molar-refractivity contribution in [2.75, 3.05) is 0 Å². The number of halogens is 1. The molecule has 0 aliphatic carbocycles. The zero-order valence-corrected chi connectivity index (χ0v) is 10.4. The Labute approximate surface area is 82.6 Å². The summed E-state index contributed by atoms with van der Waals surface area (Å²) in [5.41, 5.74) is -0.0526. The summed E-state index contributed by atoms with van der Waals surface area (Å²) in [4.78, 5) is 0. The van der Waals surface area contributed by atoms with Gasteiger partial charge in [0, 0.05) is 0 Å². The van der Waals surface area contributed by atoms with Gasteiger partial charge in [-0.25, -0.2) is 0 Å². The third-order valence-corrected chi connectivity index (χ3v) is 2.96. The lowest BCUT2D eigenvalue weighted by Gasteiger charge is -2.21. The van der Waals surface area contributed by atoms with Crippen LogP contribution in [0, 0.1) is 0 Å². The summed E-state index contributed by atoms with van der Waals surface area (Å²) in [7, 11) is -1.41. The lowest BCUT2D eigenvalue weighted by atomic mass is 10.2. The van der Waals surface area contributed by atoms with E-state index in [2.05, 4.69) is 26.6 Å². The van der Waals surface area contributed by atoms with E-state index in [1.807, 2.05) is 0 Å². The van der Waals surface area contributed by atoms with Gasteiger partial charge in [-0.15, -0.1) is 0 Å². The number of hydrogen-bond donors (Lipinski definition) is 0. The second kappa shape index (κ2) is 6.00. The molecule has 0 aromatic rings. The Hall–Kier alpha value is 0.467. The summed E-state index contributed by atoms with van der Waals surface area (Å²) in [5.74, 6) is 0. The van der Waals surface area contributed by atoms with Crippen molar-refractivity contribution in [1.29, 1.82) is 0 Å². The summed E-state index contributed by atoms with van der Waals surface area (Å²) in [6, 6.07) is 0. The van der Waals surface area contributed by atoms with E-state index in [9.17, 15) is 0 Å². The highest BCUT2D eigenvalue weighted by Crippen LogP contribution is 2.15. The molecule has 0 N–H and O–H groups in total. The molecule has 74 valence electrons. The topological polar surface area (TPSA) is 9.23 Å². The Balaban J connectivity index is 3.40. The van der Waals surface area contributed by atoms with Gasteiger partial charge in [0.25, 0.3) is 0 Å².